The molecule has 4 nitrogen and oxygen atoms in total. The molecule has 1 aromatic heterocycles. The number of nitrogens with zero attached hydrogens (tertiary/aromatic N) is 2. The zero-order valence-corrected chi connectivity index (χ0v) is 12.2. The van der Waals surface area contributed by atoms with Gasteiger partial charge in [0.2, 0.25) is 0 Å². The van der Waals surface area contributed by atoms with Crippen LogP contribution < -0.4 is 5.73 Å². The van der Waals surface area contributed by atoms with E-state index < -0.39 is 0 Å². The normalized spacial score (nSPS) is 27.4. The van der Waals surface area contributed by atoms with Crippen LogP contribution in [0.2, 0.25) is 0 Å². The molecule has 2 aliphatic rings. The number of aromatic nitrogens is 2. The van der Waals surface area contributed by atoms with E-state index >= 15 is 0 Å². The molecule has 0 spiro atoms. The van der Waals surface area contributed by atoms with E-state index in [0.29, 0.717) is 18.4 Å². The van der Waals surface area contributed by atoms with Crippen molar-refractivity contribution in [3.8, 4) is 11.5 Å². The van der Waals surface area contributed by atoms with E-state index in [1.54, 1.807) is 0 Å². The molecule has 3 unspecified atom stereocenters. The molecule has 110 valence electrons. The quantitative estimate of drug-likeness (QED) is 0.936. The number of hydrogen-bond donors (Lipinski definition) is 1. The van der Waals surface area contributed by atoms with E-state index in [2.05, 4.69) is 11.2 Å². The fourth-order valence-corrected chi connectivity index (χ4v) is 4.16. The third kappa shape index (κ3) is 2.27. The van der Waals surface area contributed by atoms with Crippen LogP contribution in [-0.4, -0.2) is 16.7 Å². The van der Waals surface area contributed by atoms with Crippen molar-refractivity contribution in [1.82, 2.24) is 10.1 Å². The lowest BCUT2D eigenvalue weighted by Gasteiger charge is -2.17. The molecule has 0 saturated heterocycles. The van der Waals surface area contributed by atoms with Crippen molar-refractivity contribution in [2.24, 2.45) is 17.6 Å². The maximum Gasteiger partial charge on any atom is 0.258 e. The van der Waals surface area contributed by atoms with Crippen LogP contribution in [0.4, 0.5) is 0 Å². The first-order valence-corrected chi connectivity index (χ1v) is 7.97. The third-order valence-electron chi connectivity index (χ3n) is 5.17. The molecule has 4 rings (SSSR count). The van der Waals surface area contributed by atoms with Crippen molar-refractivity contribution in [2.45, 2.75) is 38.0 Å². The van der Waals surface area contributed by atoms with Crippen LogP contribution in [-0.2, 0) is 6.42 Å². The van der Waals surface area contributed by atoms with Crippen LogP contribution in [0.25, 0.3) is 11.5 Å². The lowest BCUT2D eigenvalue weighted by atomic mass is 9.88. The van der Waals surface area contributed by atoms with E-state index in [1.165, 1.54) is 31.2 Å². The summed E-state index contributed by atoms with van der Waals surface area (Å²) in [6.07, 6.45) is 6.17. The minimum Gasteiger partial charge on any atom is -0.334 e. The van der Waals surface area contributed by atoms with Crippen molar-refractivity contribution in [1.29, 1.82) is 0 Å². The average Bonchev–Trinajstić information content (AvgIpc) is 3.24. The molecule has 3 atom stereocenters. The number of hydrogen-bond acceptors (Lipinski definition) is 4. The Labute approximate surface area is 124 Å². The molecule has 2 bridgehead atoms. The Morgan fingerprint density at radius 3 is 2.86 bits per heavy atom. The molecule has 4 heteroatoms. The second-order valence-corrected chi connectivity index (χ2v) is 6.43. The topological polar surface area (TPSA) is 64.9 Å². The van der Waals surface area contributed by atoms with Crippen LogP contribution in [0.1, 0.15) is 43.0 Å². The summed E-state index contributed by atoms with van der Waals surface area (Å²) in [5, 5.41) is 4.28. The fourth-order valence-electron chi connectivity index (χ4n) is 4.16. The van der Waals surface area contributed by atoms with E-state index in [1.807, 2.05) is 18.2 Å². The minimum absolute atomic E-state index is 0.517. The standard InChI is InChI=1S/C17H21N3O/c18-8-7-12-3-1-2-4-14(12)17-19-16(20-21-17)15-10-11-5-6-13(15)9-11/h1-4,11,13,15H,5-10,18H2. The van der Waals surface area contributed by atoms with Crippen molar-refractivity contribution in [3.63, 3.8) is 0 Å². The average molecular weight is 283 g/mol. The molecule has 21 heavy (non-hydrogen) atoms. The maximum atomic E-state index is 5.69. The first-order valence-electron chi connectivity index (χ1n) is 7.97. The fraction of sp³-hybridized carbons (Fsp3) is 0.529. The monoisotopic (exact) mass is 283 g/mol. The van der Waals surface area contributed by atoms with Gasteiger partial charge in [0, 0.05) is 11.5 Å². The summed E-state index contributed by atoms with van der Waals surface area (Å²) in [5.74, 6) is 3.76. The molecular formula is C17H21N3O. The summed E-state index contributed by atoms with van der Waals surface area (Å²) in [4.78, 5) is 4.71. The summed E-state index contributed by atoms with van der Waals surface area (Å²) in [6.45, 7) is 0.629. The number of fused-ring (bicyclic) bond motifs is 2. The number of nitrogens with two attached hydrogens (primary N) is 1. The Balaban J connectivity index is 1.63. The first kappa shape index (κ1) is 13.0. The van der Waals surface area contributed by atoms with Gasteiger partial charge in [-0.05, 0) is 55.7 Å². The van der Waals surface area contributed by atoms with Crippen molar-refractivity contribution in [2.75, 3.05) is 6.54 Å². The molecule has 0 radical (unpaired) electrons. The van der Waals surface area contributed by atoms with Crippen molar-refractivity contribution < 1.29 is 4.52 Å². The Morgan fingerprint density at radius 1 is 1.19 bits per heavy atom. The predicted octanol–water partition coefficient (Wildman–Crippen LogP) is 3.14. The molecular weight excluding hydrogens is 262 g/mol. The highest BCUT2D eigenvalue weighted by Gasteiger charge is 2.42. The van der Waals surface area contributed by atoms with Crippen LogP contribution in [0.3, 0.4) is 0 Å². The first-order chi connectivity index (χ1) is 10.3. The zero-order chi connectivity index (χ0) is 14.2. The predicted molar refractivity (Wildman–Crippen MR) is 80.7 cm³/mol. The summed E-state index contributed by atoms with van der Waals surface area (Å²) >= 11 is 0. The van der Waals surface area contributed by atoms with Crippen molar-refractivity contribution >= 4 is 0 Å². The van der Waals surface area contributed by atoms with E-state index in [-0.39, 0.29) is 0 Å². The second-order valence-electron chi connectivity index (χ2n) is 6.43. The maximum absolute atomic E-state index is 5.69. The number of rotatable bonds is 4. The van der Waals surface area contributed by atoms with Crippen LogP contribution in [0, 0.1) is 11.8 Å². The summed E-state index contributed by atoms with van der Waals surface area (Å²) in [6, 6.07) is 8.17. The molecule has 2 N–H and O–H groups in total. The Bertz CT molecular complexity index is 636. The summed E-state index contributed by atoms with van der Waals surface area (Å²) in [7, 11) is 0. The van der Waals surface area contributed by atoms with Crippen molar-refractivity contribution in [3.05, 3.63) is 35.7 Å². The Morgan fingerprint density at radius 2 is 2.10 bits per heavy atom. The SMILES string of the molecule is NCCc1ccccc1-c1nc(C2CC3CCC2C3)no1. The van der Waals surface area contributed by atoms with Gasteiger partial charge < -0.3 is 10.3 Å². The Kier molecular flexibility index (Phi) is 3.26. The van der Waals surface area contributed by atoms with E-state index in [4.69, 9.17) is 15.2 Å². The van der Waals surface area contributed by atoms with Crippen LogP contribution in [0.5, 0.6) is 0 Å². The van der Waals surface area contributed by atoms with Gasteiger partial charge >= 0.3 is 0 Å². The van der Waals surface area contributed by atoms with Gasteiger partial charge in [-0.2, -0.15) is 4.98 Å². The minimum atomic E-state index is 0.517. The van der Waals surface area contributed by atoms with Gasteiger partial charge in [0.05, 0.1) is 0 Å². The molecule has 2 saturated carbocycles. The Hall–Kier alpha value is -1.68. The summed E-state index contributed by atoms with van der Waals surface area (Å²) < 4.78 is 5.56. The van der Waals surface area contributed by atoms with Crippen LogP contribution >= 0.6 is 0 Å². The third-order valence-corrected chi connectivity index (χ3v) is 5.17. The molecule has 2 fully saturated rings. The highest BCUT2D eigenvalue weighted by Crippen LogP contribution is 2.52. The molecule has 2 aliphatic carbocycles. The highest BCUT2D eigenvalue weighted by atomic mass is 16.5. The molecule has 0 amide bonds. The summed E-state index contributed by atoms with van der Waals surface area (Å²) in [5.41, 5.74) is 7.90. The van der Waals surface area contributed by atoms with Gasteiger partial charge in [0.1, 0.15) is 0 Å². The largest absolute Gasteiger partial charge is 0.334 e. The smallest absolute Gasteiger partial charge is 0.258 e. The van der Waals surface area contributed by atoms with Gasteiger partial charge in [-0.15, -0.1) is 0 Å². The lowest BCUT2D eigenvalue weighted by molar-refractivity contribution is 0.372. The van der Waals surface area contributed by atoms with Gasteiger partial charge in [-0.25, -0.2) is 0 Å². The zero-order valence-electron chi connectivity index (χ0n) is 12.2. The lowest BCUT2D eigenvalue weighted by Crippen LogP contribution is -2.10. The molecule has 0 aliphatic heterocycles. The van der Waals surface area contributed by atoms with Gasteiger partial charge in [0.15, 0.2) is 5.82 Å². The highest BCUT2D eigenvalue weighted by molar-refractivity contribution is 5.58. The van der Waals surface area contributed by atoms with Gasteiger partial charge in [0.25, 0.3) is 5.89 Å². The molecule has 2 aromatic rings. The van der Waals surface area contributed by atoms with Gasteiger partial charge in [-0.3, -0.25) is 0 Å². The van der Waals surface area contributed by atoms with E-state index in [9.17, 15) is 0 Å². The van der Waals surface area contributed by atoms with Crippen LogP contribution in [0.15, 0.2) is 28.8 Å². The molecule has 1 aromatic carbocycles. The van der Waals surface area contributed by atoms with E-state index in [0.717, 1.165) is 29.6 Å². The molecule has 1 heterocycles. The second kappa shape index (κ2) is 5.26. The number of benzene rings is 1. The van der Waals surface area contributed by atoms with Gasteiger partial charge in [-0.1, -0.05) is 29.8 Å².